The summed E-state index contributed by atoms with van der Waals surface area (Å²) in [5, 5.41) is 7.87. The Morgan fingerprint density at radius 3 is 2.56 bits per heavy atom. The maximum Gasteiger partial charge on any atom is 0.491 e. The zero-order valence-corrected chi connectivity index (χ0v) is 19.9. The molecule has 0 atom stereocenters. The lowest BCUT2D eigenvalue weighted by Crippen LogP contribution is -2.29. The summed E-state index contributed by atoms with van der Waals surface area (Å²) in [6.45, 7) is 3.77. The van der Waals surface area contributed by atoms with Crippen molar-refractivity contribution in [2.24, 2.45) is 0 Å². The second-order valence-electron chi connectivity index (χ2n) is 8.63. The Kier molecular flexibility index (Phi) is 7.83. The number of esters is 2. The minimum Gasteiger partial charge on any atom is -0.381 e. The molecule has 1 aliphatic rings. The molecule has 36 heavy (non-hydrogen) atoms. The molecule has 0 aliphatic heterocycles. The average Bonchev–Trinajstić information content (AvgIpc) is 3.25. The molecular weight excluding hydrogens is 473 g/mol. The standard InChI is InChI=1S/C26H27F3N4O3/c1-2-17-4-6-18(7-5-17)10-13-30-12-3-15-33-23(24(34)36-25(35)26(27,28)29)21-9-8-19-16-31-14-11-20(19)22(21)32-33/h4-7,11,14,16,30H,2-3,8-10,12-13,15H2,1H3. The predicted molar refractivity (Wildman–Crippen MR) is 126 cm³/mol. The zero-order chi connectivity index (χ0) is 25.7. The number of nitrogens with zero attached hydrogens (tertiary/aromatic N) is 3. The first-order chi connectivity index (χ1) is 17.3. The summed E-state index contributed by atoms with van der Waals surface area (Å²) in [6.07, 6.45) is 1.41. The average molecular weight is 501 g/mol. The van der Waals surface area contributed by atoms with Crippen LogP contribution in [0.4, 0.5) is 13.2 Å². The number of benzene rings is 1. The number of rotatable bonds is 9. The van der Waals surface area contributed by atoms with Crippen LogP contribution in [0.25, 0.3) is 11.3 Å². The lowest BCUT2D eigenvalue weighted by atomic mass is 9.90. The lowest BCUT2D eigenvalue weighted by molar-refractivity contribution is -0.193. The van der Waals surface area contributed by atoms with E-state index < -0.39 is 18.1 Å². The van der Waals surface area contributed by atoms with E-state index in [9.17, 15) is 22.8 Å². The molecule has 3 aromatic rings. The van der Waals surface area contributed by atoms with Gasteiger partial charge in [-0.2, -0.15) is 18.3 Å². The third-order valence-corrected chi connectivity index (χ3v) is 6.21. The van der Waals surface area contributed by atoms with Crippen molar-refractivity contribution < 1.29 is 27.5 Å². The van der Waals surface area contributed by atoms with E-state index in [4.69, 9.17) is 0 Å². The molecule has 190 valence electrons. The van der Waals surface area contributed by atoms with Crippen LogP contribution in [0.1, 0.15) is 46.1 Å². The van der Waals surface area contributed by atoms with Gasteiger partial charge in [-0.1, -0.05) is 31.2 Å². The van der Waals surface area contributed by atoms with Gasteiger partial charge in [0, 0.05) is 30.1 Å². The highest BCUT2D eigenvalue weighted by Gasteiger charge is 2.43. The van der Waals surface area contributed by atoms with Gasteiger partial charge in [0.15, 0.2) is 5.69 Å². The van der Waals surface area contributed by atoms with Gasteiger partial charge >= 0.3 is 18.1 Å². The quantitative estimate of drug-likeness (QED) is 0.271. The molecule has 2 heterocycles. The van der Waals surface area contributed by atoms with E-state index in [1.165, 1.54) is 15.8 Å². The Morgan fingerprint density at radius 1 is 1.08 bits per heavy atom. The summed E-state index contributed by atoms with van der Waals surface area (Å²) >= 11 is 0. The number of hydrogen-bond acceptors (Lipinski definition) is 6. The largest absolute Gasteiger partial charge is 0.491 e. The van der Waals surface area contributed by atoms with E-state index in [0.717, 1.165) is 30.5 Å². The summed E-state index contributed by atoms with van der Waals surface area (Å²) in [4.78, 5) is 28.1. The van der Waals surface area contributed by atoms with Crippen LogP contribution in [0.15, 0.2) is 42.7 Å². The molecule has 10 heteroatoms. The van der Waals surface area contributed by atoms with E-state index >= 15 is 0 Å². The molecule has 0 saturated heterocycles. The minimum absolute atomic E-state index is 0.110. The number of pyridine rings is 1. The van der Waals surface area contributed by atoms with E-state index in [1.807, 2.05) is 0 Å². The molecule has 0 fully saturated rings. The number of carbonyl (C=O) groups excluding carboxylic acids is 2. The van der Waals surface area contributed by atoms with E-state index in [2.05, 4.69) is 51.3 Å². The maximum absolute atomic E-state index is 12.7. The second-order valence-corrected chi connectivity index (χ2v) is 8.63. The molecule has 0 radical (unpaired) electrons. The van der Waals surface area contributed by atoms with Crippen molar-refractivity contribution in [3.63, 3.8) is 0 Å². The first-order valence-electron chi connectivity index (χ1n) is 11.9. The Morgan fingerprint density at radius 2 is 1.83 bits per heavy atom. The highest BCUT2D eigenvalue weighted by Crippen LogP contribution is 2.34. The van der Waals surface area contributed by atoms with Crippen molar-refractivity contribution in [3.8, 4) is 11.3 Å². The monoisotopic (exact) mass is 500 g/mol. The summed E-state index contributed by atoms with van der Waals surface area (Å²) in [6, 6.07) is 10.2. The van der Waals surface area contributed by atoms with E-state index in [-0.39, 0.29) is 12.2 Å². The molecule has 0 spiro atoms. The van der Waals surface area contributed by atoms with Gasteiger partial charge in [-0.05, 0) is 68.0 Å². The number of halogens is 3. The van der Waals surface area contributed by atoms with Crippen LogP contribution in [0.2, 0.25) is 0 Å². The van der Waals surface area contributed by atoms with Gasteiger partial charge in [-0.25, -0.2) is 9.59 Å². The van der Waals surface area contributed by atoms with Gasteiger partial charge in [-0.3, -0.25) is 9.67 Å². The molecule has 0 amide bonds. The maximum atomic E-state index is 12.7. The predicted octanol–water partition coefficient (Wildman–Crippen LogP) is 4.07. The Balaban J connectivity index is 1.43. The summed E-state index contributed by atoms with van der Waals surface area (Å²) < 4.78 is 43.6. The zero-order valence-electron chi connectivity index (χ0n) is 19.9. The number of hydrogen-bond donors (Lipinski definition) is 1. The van der Waals surface area contributed by atoms with Crippen LogP contribution in [0, 0.1) is 0 Å². The van der Waals surface area contributed by atoms with Crippen molar-refractivity contribution in [3.05, 3.63) is 70.7 Å². The number of ether oxygens (including phenoxy) is 1. The summed E-state index contributed by atoms with van der Waals surface area (Å²) in [5.41, 5.74) is 5.11. The van der Waals surface area contributed by atoms with Crippen LogP contribution >= 0.6 is 0 Å². The molecule has 7 nitrogen and oxygen atoms in total. The number of aryl methyl sites for hydroxylation is 3. The molecule has 0 saturated carbocycles. The molecular formula is C26H27F3N4O3. The van der Waals surface area contributed by atoms with Crippen LogP contribution < -0.4 is 5.32 Å². The fourth-order valence-electron chi connectivity index (χ4n) is 4.30. The molecule has 1 N–H and O–H groups in total. The lowest BCUT2D eigenvalue weighted by Gasteiger charge is -2.15. The van der Waals surface area contributed by atoms with Crippen molar-refractivity contribution >= 4 is 11.9 Å². The van der Waals surface area contributed by atoms with Crippen LogP contribution in [-0.2, 0) is 41.8 Å². The fraction of sp³-hybridized carbons (Fsp3) is 0.385. The van der Waals surface area contributed by atoms with Crippen LogP contribution in [0.5, 0.6) is 0 Å². The van der Waals surface area contributed by atoms with Crippen LogP contribution in [-0.4, -0.2) is 46.0 Å². The Labute approximate surface area is 206 Å². The van der Waals surface area contributed by atoms with E-state index in [0.29, 0.717) is 37.1 Å². The summed E-state index contributed by atoms with van der Waals surface area (Å²) in [7, 11) is 0. The Bertz CT molecular complexity index is 1240. The minimum atomic E-state index is -5.26. The SMILES string of the molecule is CCc1ccc(CCNCCCn2nc3c(c2C(=O)OC(=O)C(F)(F)F)CCc2cnccc2-3)cc1. The number of alkyl halides is 3. The molecule has 0 unspecified atom stereocenters. The molecule has 0 bridgehead atoms. The molecule has 4 rings (SSSR count). The van der Waals surface area contributed by atoms with Gasteiger partial charge in [0.1, 0.15) is 0 Å². The Hall–Kier alpha value is -3.53. The number of nitrogens with one attached hydrogen (secondary N) is 1. The number of aromatic nitrogens is 3. The van der Waals surface area contributed by atoms with Gasteiger partial charge < -0.3 is 10.1 Å². The van der Waals surface area contributed by atoms with Crippen molar-refractivity contribution in [2.45, 2.75) is 51.7 Å². The highest BCUT2D eigenvalue weighted by atomic mass is 19.4. The van der Waals surface area contributed by atoms with Crippen LogP contribution in [0.3, 0.4) is 0 Å². The molecule has 1 aliphatic carbocycles. The topological polar surface area (TPSA) is 86.1 Å². The van der Waals surface area contributed by atoms with Crippen molar-refractivity contribution in [1.82, 2.24) is 20.1 Å². The highest BCUT2D eigenvalue weighted by molar-refractivity contribution is 5.99. The molecule has 1 aromatic carbocycles. The first-order valence-corrected chi connectivity index (χ1v) is 11.9. The van der Waals surface area contributed by atoms with Gasteiger partial charge in [0.05, 0.1) is 5.69 Å². The first kappa shape index (κ1) is 25.6. The number of fused-ring (bicyclic) bond motifs is 3. The van der Waals surface area contributed by atoms with Gasteiger partial charge in [0.25, 0.3) is 0 Å². The second kappa shape index (κ2) is 11.0. The van der Waals surface area contributed by atoms with E-state index in [1.54, 1.807) is 18.5 Å². The fourth-order valence-corrected chi connectivity index (χ4v) is 4.30. The molecule has 2 aromatic heterocycles. The smallest absolute Gasteiger partial charge is 0.381 e. The normalized spacial score (nSPS) is 12.7. The third-order valence-electron chi connectivity index (χ3n) is 6.21. The third kappa shape index (κ3) is 5.81. The number of carbonyl (C=O) groups is 2. The van der Waals surface area contributed by atoms with Gasteiger partial charge in [-0.15, -0.1) is 0 Å². The van der Waals surface area contributed by atoms with Crippen molar-refractivity contribution in [1.29, 1.82) is 0 Å². The van der Waals surface area contributed by atoms with Gasteiger partial charge in [0.2, 0.25) is 0 Å². The summed E-state index contributed by atoms with van der Waals surface area (Å²) in [5.74, 6) is -3.88. The van der Waals surface area contributed by atoms with Crippen molar-refractivity contribution in [2.75, 3.05) is 13.1 Å².